The number of nitrogens with one attached hydrogen (secondary N) is 3. The molecule has 2 aromatic carbocycles. The molecule has 2 aromatic rings. The van der Waals surface area contributed by atoms with Gasteiger partial charge in [0.1, 0.15) is 18.1 Å². The minimum Gasteiger partial charge on any atom is -0.368 e. The summed E-state index contributed by atoms with van der Waals surface area (Å²) < 4.78 is 0. The fraction of sp³-hybridized carbons (Fsp3) is 0.273. The van der Waals surface area contributed by atoms with E-state index in [-0.39, 0.29) is 18.7 Å². The zero-order chi connectivity index (χ0) is 23.3. The number of rotatable bonds is 8. The molecule has 1 fully saturated rings. The number of nitrogens with two attached hydrogens (primary N) is 1. The molecule has 5 N–H and O–H groups in total. The van der Waals surface area contributed by atoms with Crippen molar-refractivity contribution >= 4 is 46.8 Å². The minimum absolute atomic E-state index is 0.0120. The molecule has 0 aromatic heterocycles. The molecule has 4 amide bonds. The highest BCUT2D eigenvalue weighted by Gasteiger charge is 2.35. The molecule has 0 aliphatic carbocycles. The average molecular weight is 477 g/mol. The van der Waals surface area contributed by atoms with E-state index in [4.69, 9.17) is 28.9 Å². The van der Waals surface area contributed by atoms with Gasteiger partial charge in [-0.2, -0.15) is 0 Å². The molecule has 0 unspecified atom stereocenters. The van der Waals surface area contributed by atoms with Gasteiger partial charge in [0.2, 0.25) is 23.6 Å². The van der Waals surface area contributed by atoms with Gasteiger partial charge < -0.3 is 21.7 Å². The van der Waals surface area contributed by atoms with Gasteiger partial charge in [-0.25, -0.2) is 0 Å². The van der Waals surface area contributed by atoms with Gasteiger partial charge in [0.05, 0.1) is 6.42 Å². The first-order chi connectivity index (χ1) is 15.2. The lowest BCUT2D eigenvalue weighted by Gasteiger charge is -2.29. The maximum atomic E-state index is 12.5. The maximum Gasteiger partial charge on any atom is 0.243 e. The number of hydrogen-bond donors (Lipinski definition) is 4. The smallest absolute Gasteiger partial charge is 0.243 e. The van der Waals surface area contributed by atoms with E-state index in [2.05, 4.69) is 16.0 Å². The second-order valence-corrected chi connectivity index (χ2v) is 8.26. The van der Waals surface area contributed by atoms with Gasteiger partial charge in [-0.15, -0.1) is 0 Å². The highest BCUT2D eigenvalue weighted by molar-refractivity contribution is 6.36. The van der Waals surface area contributed by atoms with E-state index in [1.807, 2.05) is 30.3 Å². The van der Waals surface area contributed by atoms with Crippen molar-refractivity contribution in [3.8, 4) is 0 Å². The van der Waals surface area contributed by atoms with Gasteiger partial charge in [0.25, 0.3) is 0 Å². The second-order valence-electron chi connectivity index (χ2n) is 7.44. The van der Waals surface area contributed by atoms with Crippen LogP contribution in [0.1, 0.15) is 17.5 Å². The van der Waals surface area contributed by atoms with Gasteiger partial charge in [-0.3, -0.25) is 19.2 Å². The van der Waals surface area contributed by atoms with Crippen LogP contribution in [0.5, 0.6) is 0 Å². The van der Waals surface area contributed by atoms with Crippen molar-refractivity contribution in [2.24, 2.45) is 5.73 Å². The standard InChI is InChI=1S/C22H22Cl2N4O4/c23-14-7-4-8-15(24)13(14)10-16(20(25)30)26-19(29)11-18-22(32)27-17(21(31)28-18)9-12-5-2-1-3-6-12/h1-8,16-18H,9-11H2,(H2,25,30)(H,26,29)(H,27,32)(H,28,31)/t16-,17+,18+/m1/s1. The van der Waals surface area contributed by atoms with Crippen LogP contribution in [-0.2, 0) is 32.0 Å². The molecule has 10 heteroatoms. The lowest BCUT2D eigenvalue weighted by molar-refractivity contribution is -0.138. The van der Waals surface area contributed by atoms with Crippen LogP contribution < -0.4 is 21.7 Å². The van der Waals surface area contributed by atoms with Crippen molar-refractivity contribution in [3.63, 3.8) is 0 Å². The molecular formula is C22H22Cl2N4O4. The molecule has 0 bridgehead atoms. The van der Waals surface area contributed by atoms with E-state index in [9.17, 15) is 19.2 Å². The lowest BCUT2D eigenvalue weighted by atomic mass is 10.0. The molecule has 3 atom stereocenters. The van der Waals surface area contributed by atoms with Gasteiger partial charge in [-0.1, -0.05) is 59.6 Å². The van der Waals surface area contributed by atoms with Crippen LogP contribution in [0, 0.1) is 0 Å². The predicted octanol–water partition coefficient (Wildman–Crippen LogP) is 1.12. The third-order valence-corrected chi connectivity index (χ3v) is 5.79. The zero-order valence-corrected chi connectivity index (χ0v) is 18.5. The van der Waals surface area contributed by atoms with Crippen molar-refractivity contribution in [1.82, 2.24) is 16.0 Å². The summed E-state index contributed by atoms with van der Waals surface area (Å²) in [5.74, 6) is -2.28. The van der Waals surface area contributed by atoms with Crippen molar-refractivity contribution in [2.75, 3.05) is 0 Å². The average Bonchev–Trinajstić information content (AvgIpc) is 2.74. The first-order valence-electron chi connectivity index (χ1n) is 9.91. The molecule has 0 saturated carbocycles. The van der Waals surface area contributed by atoms with Gasteiger partial charge >= 0.3 is 0 Å². The topological polar surface area (TPSA) is 130 Å². The molecule has 1 aliphatic heterocycles. The van der Waals surface area contributed by atoms with E-state index in [0.717, 1.165) is 5.56 Å². The number of piperazine rings is 1. The Bertz CT molecular complexity index is 1010. The second kappa shape index (κ2) is 10.5. The monoisotopic (exact) mass is 476 g/mol. The maximum absolute atomic E-state index is 12.5. The number of halogens is 2. The SMILES string of the molecule is NC(=O)[C@@H](Cc1c(Cl)cccc1Cl)NC(=O)C[C@@H]1NC(=O)[C@H](Cc2ccccc2)NC1=O. The fourth-order valence-corrected chi connectivity index (χ4v) is 3.96. The van der Waals surface area contributed by atoms with Crippen LogP contribution >= 0.6 is 23.2 Å². The van der Waals surface area contributed by atoms with Crippen LogP contribution in [-0.4, -0.2) is 41.8 Å². The Kier molecular flexibility index (Phi) is 7.71. The Morgan fingerprint density at radius 2 is 1.53 bits per heavy atom. The molecule has 168 valence electrons. The Morgan fingerprint density at radius 1 is 0.938 bits per heavy atom. The van der Waals surface area contributed by atoms with E-state index in [0.29, 0.717) is 22.0 Å². The molecule has 0 spiro atoms. The molecule has 1 aliphatic rings. The normalized spacial score (nSPS) is 18.9. The van der Waals surface area contributed by atoms with Gasteiger partial charge in [0.15, 0.2) is 0 Å². The Balaban J connectivity index is 1.59. The molecule has 3 rings (SSSR count). The summed E-state index contributed by atoms with van der Waals surface area (Å²) in [7, 11) is 0. The molecule has 1 heterocycles. The fourth-order valence-electron chi connectivity index (χ4n) is 3.41. The summed E-state index contributed by atoms with van der Waals surface area (Å²) in [4.78, 5) is 49.2. The van der Waals surface area contributed by atoms with Crippen LogP contribution in [0.3, 0.4) is 0 Å². The zero-order valence-electron chi connectivity index (χ0n) is 16.9. The number of hydrogen-bond acceptors (Lipinski definition) is 4. The molecule has 1 saturated heterocycles. The Labute approximate surface area is 194 Å². The van der Waals surface area contributed by atoms with Crippen LogP contribution in [0.2, 0.25) is 10.0 Å². The number of primary amides is 1. The lowest BCUT2D eigenvalue weighted by Crippen LogP contribution is -2.63. The number of benzene rings is 2. The number of carbonyl (C=O) groups excluding carboxylic acids is 4. The molecular weight excluding hydrogens is 455 g/mol. The van der Waals surface area contributed by atoms with Crippen LogP contribution in [0.25, 0.3) is 0 Å². The minimum atomic E-state index is -1.09. The Hall–Kier alpha value is -3.10. The van der Waals surface area contributed by atoms with E-state index in [1.165, 1.54) is 0 Å². The third kappa shape index (κ3) is 5.99. The first-order valence-corrected chi connectivity index (χ1v) is 10.7. The highest BCUT2D eigenvalue weighted by Crippen LogP contribution is 2.25. The summed E-state index contributed by atoms with van der Waals surface area (Å²) >= 11 is 12.3. The third-order valence-electron chi connectivity index (χ3n) is 5.09. The highest BCUT2D eigenvalue weighted by atomic mass is 35.5. The number of amides is 4. The van der Waals surface area contributed by atoms with E-state index >= 15 is 0 Å². The van der Waals surface area contributed by atoms with Crippen molar-refractivity contribution in [2.45, 2.75) is 37.4 Å². The summed E-state index contributed by atoms with van der Waals surface area (Å²) in [6.45, 7) is 0. The molecule has 0 radical (unpaired) electrons. The quantitative estimate of drug-likeness (QED) is 0.454. The summed E-state index contributed by atoms with van der Waals surface area (Å²) in [6.07, 6.45) is -0.0305. The number of carbonyl (C=O) groups is 4. The summed E-state index contributed by atoms with van der Waals surface area (Å²) in [6, 6.07) is 11.2. The predicted molar refractivity (Wildman–Crippen MR) is 120 cm³/mol. The van der Waals surface area contributed by atoms with Crippen molar-refractivity contribution in [1.29, 1.82) is 0 Å². The van der Waals surface area contributed by atoms with E-state index in [1.54, 1.807) is 18.2 Å². The van der Waals surface area contributed by atoms with E-state index < -0.39 is 35.8 Å². The van der Waals surface area contributed by atoms with Crippen LogP contribution in [0.4, 0.5) is 0 Å². The largest absolute Gasteiger partial charge is 0.368 e. The van der Waals surface area contributed by atoms with Gasteiger partial charge in [0, 0.05) is 22.9 Å². The van der Waals surface area contributed by atoms with Crippen molar-refractivity contribution < 1.29 is 19.2 Å². The van der Waals surface area contributed by atoms with Crippen molar-refractivity contribution in [3.05, 3.63) is 69.7 Å². The first kappa shape index (κ1) is 23.6. The van der Waals surface area contributed by atoms with Crippen LogP contribution in [0.15, 0.2) is 48.5 Å². The molecule has 32 heavy (non-hydrogen) atoms. The molecule has 8 nitrogen and oxygen atoms in total. The van der Waals surface area contributed by atoms with Gasteiger partial charge in [-0.05, 0) is 23.3 Å². The summed E-state index contributed by atoms with van der Waals surface area (Å²) in [5, 5.41) is 8.37. The summed E-state index contributed by atoms with van der Waals surface area (Å²) in [5.41, 5.74) is 6.78. The Morgan fingerprint density at radius 3 is 2.16 bits per heavy atom.